The number of likely N-dealkylation sites (tertiary alicyclic amines) is 1. The molecule has 0 radical (unpaired) electrons. The van der Waals surface area contributed by atoms with Crippen molar-refractivity contribution in [3.63, 3.8) is 0 Å². The van der Waals surface area contributed by atoms with Crippen LogP contribution in [0.2, 0.25) is 0 Å². The summed E-state index contributed by atoms with van der Waals surface area (Å²) in [6, 6.07) is 7.26. The molecule has 0 spiro atoms. The predicted molar refractivity (Wildman–Crippen MR) is 87.0 cm³/mol. The fourth-order valence-corrected chi connectivity index (χ4v) is 2.97. The van der Waals surface area contributed by atoms with Crippen molar-refractivity contribution in [3.05, 3.63) is 36.0 Å². The van der Waals surface area contributed by atoms with Gasteiger partial charge in [-0.1, -0.05) is 0 Å². The van der Waals surface area contributed by atoms with Crippen molar-refractivity contribution in [1.29, 1.82) is 0 Å². The molecule has 1 fully saturated rings. The van der Waals surface area contributed by atoms with Crippen LogP contribution in [0.15, 0.2) is 30.5 Å². The molecule has 122 valence electrons. The number of benzene rings is 1. The molecule has 23 heavy (non-hydrogen) atoms. The smallest absolute Gasteiger partial charge is 0.224 e. The lowest BCUT2D eigenvalue weighted by Crippen LogP contribution is -2.45. The van der Waals surface area contributed by atoms with Gasteiger partial charge < -0.3 is 20.5 Å². The van der Waals surface area contributed by atoms with E-state index in [0.717, 1.165) is 22.9 Å². The summed E-state index contributed by atoms with van der Waals surface area (Å²) in [7, 11) is 1.60. The number of aromatic nitrogens is 1. The number of ether oxygens (including phenoxy) is 1. The number of nitrogens with zero attached hydrogens (tertiary/aromatic N) is 2. The van der Waals surface area contributed by atoms with Crippen molar-refractivity contribution >= 4 is 16.8 Å². The Morgan fingerprint density at radius 3 is 3.04 bits per heavy atom. The van der Waals surface area contributed by atoms with Gasteiger partial charge in [-0.25, -0.2) is 0 Å². The van der Waals surface area contributed by atoms with Crippen LogP contribution in [0.1, 0.15) is 24.5 Å². The fraction of sp³-hybridized carbons (Fsp3) is 0.412. The molecule has 0 aliphatic carbocycles. The number of pyridine rings is 1. The summed E-state index contributed by atoms with van der Waals surface area (Å²) < 4.78 is 5.25. The minimum Gasteiger partial charge on any atom is -0.497 e. The third kappa shape index (κ3) is 3.28. The van der Waals surface area contributed by atoms with Gasteiger partial charge in [0.2, 0.25) is 5.91 Å². The zero-order chi connectivity index (χ0) is 16.4. The van der Waals surface area contributed by atoms with Crippen molar-refractivity contribution in [3.8, 4) is 5.75 Å². The number of aliphatic hydroxyl groups is 1. The Morgan fingerprint density at radius 1 is 1.48 bits per heavy atom. The molecule has 2 unspecified atom stereocenters. The number of aliphatic hydroxyl groups excluding tert-OH is 1. The average Bonchev–Trinajstić information content (AvgIpc) is 2.56. The molecule has 6 heteroatoms. The van der Waals surface area contributed by atoms with Crippen LogP contribution in [-0.2, 0) is 4.79 Å². The number of piperidine rings is 1. The molecule has 2 heterocycles. The highest BCUT2D eigenvalue weighted by Crippen LogP contribution is 2.27. The summed E-state index contributed by atoms with van der Waals surface area (Å²) in [5, 5.41) is 11.5. The van der Waals surface area contributed by atoms with Gasteiger partial charge in [0, 0.05) is 30.6 Å². The Kier molecular flexibility index (Phi) is 4.45. The maximum atomic E-state index is 12.0. The van der Waals surface area contributed by atoms with Crippen LogP contribution in [0.5, 0.6) is 5.75 Å². The SMILES string of the molecule is COc1ccc2nccc(C(O)CN3CCC(N)CC3=O)c2c1. The number of nitrogens with two attached hydrogens (primary N) is 1. The summed E-state index contributed by atoms with van der Waals surface area (Å²) in [4.78, 5) is 18.0. The van der Waals surface area contributed by atoms with Gasteiger partial charge in [0.25, 0.3) is 0 Å². The number of rotatable bonds is 4. The van der Waals surface area contributed by atoms with E-state index in [-0.39, 0.29) is 18.5 Å². The molecule has 3 N–H and O–H groups in total. The van der Waals surface area contributed by atoms with E-state index in [1.165, 1.54) is 0 Å². The lowest BCUT2D eigenvalue weighted by Gasteiger charge is -2.31. The Balaban J connectivity index is 1.85. The highest BCUT2D eigenvalue weighted by atomic mass is 16.5. The number of methoxy groups -OCH3 is 1. The van der Waals surface area contributed by atoms with Crippen molar-refractivity contribution in [1.82, 2.24) is 9.88 Å². The van der Waals surface area contributed by atoms with E-state index in [1.807, 2.05) is 18.2 Å². The first-order chi connectivity index (χ1) is 11.1. The number of carbonyl (C=O) groups excluding carboxylic acids is 1. The van der Waals surface area contributed by atoms with Gasteiger partial charge in [-0.05, 0) is 36.2 Å². The molecule has 1 amide bonds. The van der Waals surface area contributed by atoms with Crippen LogP contribution >= 0.6 is 0 Å². The maximum Gasteiger partial charge on any atom is 0.224 e. The lowest BCUT2D eigenvalue weighted by molar-refractivity contribution is -0.135. The highest BCUT2D eigenvalue weighted by molar-refractivity contribution is 5.84. The summed E-state index contributed by atoms with van der Waals surface area (Å²) >= 11 is 0. The van der Waals surface area contributed by atoms with Gasteiger partial charge in [-0.2, -0.15) is 0 Å². The Bertz CT molecular complexity index is 719. The number of hydrogen-bond acceptors (Lipinski definition) is 5. The molecule has 2 aromatic rings. The Labute approximate surface area is 134 Å². The molecule has 1 aliphatic rings. The molecule has 1 aliphatic heterocycles. The maximum absolute atomic E-state index is 12.0. The summed E-state index contributed by atoms with van der Waals surface area (Å²) in [6.07, 6.45) is 2.01. The van der Waals surface area contributed by atoms with E-state index < -0.39 is 6.10 Å². The first kappa shape index (κ1) is 15.7. The minimum atomic E-state index is -0.772. The third-order valence-corrected chi connectivity index (χ3v) is 4.29. The molecule has 1 saturated heterocycles. The van der Waals surface area contributed by atoms with Gasteiger partial charge in [-0.3, -0.25) is 9.78 Å². The van der Waals surface area contributed by atoms with Crippen LogP contribution in [0.3, 0.4) is 0 Å². The second kappa shape index (κ2) is 6.52. The van der Waals surface area contributed by atoms with Crippen LogP contribution in [0.25, 0.3) is 10.9 Å². The topological polar surface area (TPSA) is 88.7 Å². The van der Waals surface area contributed by atoms with Gasteiger partial charge >= 0.3 is 0 Å². The molecule has 6 nitrogen and oxygen atoms in total. The lowest BCUT2D eigenvalue weighted by atomic mass is 10.0. The number of amides is 1. The van der Waals surface area contributed by atoms with Crippen molar-refractivity contribution in [2.75, 3.05) is 20.2 Å². The summed E-state index contributed by atoms with van der Waals surface area (Å²) in [6.45, 7) is 0.852. The number of β-amino-alcohol motifs (C(OH)–C–C–N with tert-alkyl or cyclic N) is 1. The van der Waals surface area contributed by atoms with E-state index in [9.17, 15) is 9.90 Å². The zero-order valence-electron chi connectivity index (χ0n) is 13.1. The van der Waals surface area contributed by atoms with E-state index in [2.05, 4.69) is 4.98 Å². The largest absolute Gasteiger partial charge is 0.497 e. The number of carbonyl (C=O) groups is 1. The second-order valence-electron chi connectivity index (χ2n) is 5.89. The molecule has 3 rings (SSSR count). The molecular formula is C17H21N3O3. The van der Waals surface area contributed by atoms with Gasteiger partial charge in [0.05, 0.1) is 25.3 Å². The second-order valence-corrected chi connectivity index (χ2v) is 5.89. The van der Waals surface area contributed by atoms with Crippen molar-refractivity contribution < 1.29 is 14.6 Å². The molecule has 2 atom stereocenters. The van der Waals surface area contributed by atoms with Gasteiger partial charge in [0.15, 0.2) is 0 Å². The molecule has 1 aromatic heterocycles. The minimum absolute atomic E-state index is 0.00116. The monoisotopic (exact) mass is 315 g/mol. The third-order valence-electron chi connectivity index (χ3n) is 4.29. The molecule has 1 aromatic carbocycles. The Hall–Kier alpha value is -2.18. The zero-order valence-corrected chi connectivity index (χ0v) is 13.1. The van der Waals surface area contributed by atoms with E-state index in [4.69, 9.17) is 10.5 Å². The van der Waals surface area contributed by atoms with E-state index >= 15 is 0 Å². The van der Waals surface area contributed by atoms with Crippen LogP contribution in [0.4, 0.5) is 0 Å². The van der Waals surface area contributed by atoms with E-state index in [0.29, 0.717) is 18.7 Å². The van der Waals surface area contributed by atoms with Crippen LogP contribution in [-0.4, -0.2) is 47.1 Å². The Morgan fingerprint density at radius 2 is 2.30 bits per heavy atom. The predicted octanol–water partition coefficient (Wildman–Crippen LogP) is 1.23. The van der Waals surface area contributed by atoms with Crippen molar-refractivity contribution in [2.45, 2.75) is 25.0 Å². The van der Waals surface area contributed by atoms with E-state index in [1.54, 1.807) is 24.3 Å². The van der Waals surface area contributed by atoms with Gasteiger partial charge in [0.1, 0.15) is 5.75 Å². The fourth-order valence-electron chi connectivity index (χ4n) is 2.97. The quantitative estimate of drug-likeness (QED) is 0.886. The summed E-state index contributed by atoms with van der Waals surface area (Å²) in [5.41, 5.74) is 7.34. The van der Waals surface area contributed by atoms with Crippen LogP contribution in [0, 0.1) is 0 Å². The van der Waals surface area contributed by atoms with Crippen molar-refractivity contribution in [2.24, 2.45) is 5.73 Å². The number of hydrogen-bond donors (Lipinski definition) is 2. The standard InChI is InChI=1S/C17H21N3O3/c1-23-12-2-3-15-14(9-12)13(4-6-19-15)16(21)10-20-7-5-11(18)8-17(20)22/h2-4,6,9,11,16,21H,5,7-8,10,18H2,1H3. The van der Waals surface area contributed by atoms with Gasteiger partial charge in [-0.15, -0.1) is 0 Å². The first-order valence-corrected chi connectivity index (χ1v) is 7.72. The normalized spacial score (nSPS) is 19.9. The highest BCUT2D eigenvalue weighted by Gasteiger charge is 2.26. The molecule has 0 bridgehead atoms. The molecular weight excluding hydrogens is 294 g/mol. The van der Waals surface area contributed by atoms with Crippen LogP contribution < -0.4 is 10.5 Å². The average molecular weight is 315 g/mol. The molecule has 0 saturated carbocycles. The first-order valence-electron chi connectivity index (χ1n) is 7.72. The summed E-state index contributed by atoms with van der Waals surface area (Å²) in [5.74, 6) is 0.706. The number of fused-ring (bicyclic) bond motifs is 1.